The highest BCUT2D eigenvalue weighted by molar-refractivity contribution is 5.94. The van der Waals surface area contributed by atoms with E-state index in [4.69, 9.17) is 0 Å². The monoisotopic (exact) mass is 425 g/mol. The van der Waals surface area contributed by atoms with Crippen molar-refractivity contribution in [3.05, 3.63) is 85.7 Å². The fourth-order valence-electron chi connectivity index (χ4n) is 3.80. The van der Waals surface area contributed by atoms with Gasteiger partial charge in [0.25, 0.3) is 11.5 Å². The van der Waals surface area contributed by atoms with E-state index in [2.05, 4.69) is 10.4 Å². The molecule has 1 unspecified atom stereocenters. The van der Waals surface area contributed by atoms with Crippen LogP contribution in [0.2, 0.25) is 0 Å². The zero-order valence-electron chi connectivity index (χ0n) is 17.5. The maximum atomic E-state index is 13.1. The van der Waals surface area contributed by atoms with Gasteiger partial charge in [-0.3, -0.25) is 14.2 Å². The number of nitrogens with zero attached hydrogens (tertiary/aromatic N) is 4. The highest BCUT2D eigenvalue weighted by Gasteiger charge is 2.23. The molecule has 1 atom stereocenters. The van der Waals surface area contributed by atoms with Crippen LogP contribution in [0.4, 0.5) is 4.39 Å². The Morgan fingerprint density at radius 3 is 2.65 bits per heavy atom. The van der Waals surface area contributed by atoms with E-state index in [9.17, 15) is 18.8 Å². The van der Waals surface area contributed by atoms with Gasteiger partial charge in [-0.2, -0.15) is 5.10 Å². The predicted molar refractivity (Wildman–Crippen MR) is 113 cm³/mol. The lowest BCUT2D eigenvalue weighted by molar-refractivity contribution is 0.0930. The van der Waals surface area contributed by atoms with Gasteiger partial charge in [-0.15, -0.1) is 0 Å². The van der Waals surface area contributed by atoms with Crippen molar-refractivity contribution < 1.29 is 9.18 Å². The minimum Gasteiger partial charge on any atom is -0.349 e. The number of hydrogen-bond acceptors (Lipinski definition) is 4. The Morgan fingerprint density at radius 2 is 1.90 bits per heavy atom. The highest BCUT2D eigenvalue weighted by Crippen LogP contribution is 2.13. The molecule has 1 amide bonds. The van der Waals surface area contributed by atoms with Crippen molar-refractivity contribution >= 4 is 5.91 Å². The molecule has 2 aromatic heterocycles. The third kappa shape index (κ3) is 4.21. The molecule has 0 spiro atoms. The number of hydrogen-bond donors (Lipinski definition) is 1. The largest absolute Gasteiger partial charge is 0.349 e. The van der Waals surface area contributed by atoms with E-state index in [1.807, 2.05) is 0 Å². The molecule has 9 heteroatoms. The molecule has 1 N–H and O–H groups in total. The molecule has 0 saturated carbocycles. The number of halogens is 1. The Hall–Kier alpha value is -3.49. The minimum absolute atomic E-state index is 0.108. The Kier molecular flexibility index (Phi) is 5.58. The lowest BCUT2D eigenvalue weighted by Gasteiger charge is -2.16. The first-order valence-corrected chi connectivity index (χ1v) is 10.2. The van der Waals surface area contributed by atoms with Crippen LogP contribution in [-0.2, 0) is 26.6 Å². The van der Waals surface area contributed by atoms with Crippen molar-refractivity contribution in [3.8, 4) is 0 Å². The molecule has 3 heterocycles. The zero-order valence-corrected chi connectivity index (χ0v) is 17.5. The van der Waals surface area contributed by atoms with Gasteiger partial charge in [0.1, 0.15) is 17.2 Å². The predicted octanol–water partition coefficient (Wildman–Crippen LogP) is 1.37. The number of amides is 1. The van der Waals surface area contributed by atoms with E-state index < -0.39 is 5.91 Å². The first-order valence-electron chi connectivity index (χ1n) is 10.2. The third-order valence-electron chi connectivity index (χ3n) is 5.80. The fraction of sp³-hybridized carbons (Fsp3) is 0.364. The molecule has 1 aliphatic heterocycles. The molecule has 1 aliphatic rings. The van der Waals surface area contributed by atoms with E-state index in [1.165, 1.54) is 21.4 Å². The summed E-state index contributed by atoms with van der Waals surface area (Å²) in [7, 11) is 1.63. The SMILES string of the molecule is Cc1ccc(C(=O)NC2CCc3nn(Cc4ccc(F)cc4)c(=O)n3CC2)c(=O)n1C. The van der Waals surface area contributed by atoms with Gasteiger partial charge in [-0.25, -0.2) is 13.9 Å². The first kappa shape index (κ1) is 20.8. The van der Waals surface area contributed by atoms with E-state index in [-0.39, 0.29) is 35.2 Å². The summed E-state index contributed by atoms with van der Waals surface area (Å²) in [6, 6.07) is 9.10. The summed E-state index contributed by atoms with van der Waals surface area (Å²) in [4.78, 5) is 37.7. The van der Waals surface area contributed by atoms with Gasteiger partial charge in [-0.05, 0) is 49.6 Å². The summed E-state index contributed by atoms with van der Waals surface area (Å²) in [5.74, 6) is -0.0673. The second-order valence-corrected chi connectivity index (χ2v) is 7.88. The van der Waals surface area contributed by atoms with Crippen LogP contribution in [0.5, 0.6) is 0 Å². The summed E-state index contributed by atoms with van der Waals surface area (Å²) in [6.07, 6.45) is 1.71. The van der Waals surface area contributed by atoms with Crippen LogP contribution in [0.25, 0.3) is 0 Å². The van der Waals surface area contributed by atoms with Crippen LogP contribution >= 0.6 is 0 Å². The molecule has 0 fully saturated rings. The second-order valence-electron chi connectivity index (χ2n) is 7.88. The number of carbonyl (C=O) groups is 1. The van der Waals surface area contributed by atoms with Crippen LogP contribution in [0, 0.1) is 12.7 Å². The van der Waals surface area contributed by atoms with Crippen LogP contribution in [0.1, 0.15) is 40.3 Å². The van der Waals surface area contributed by atoms with Crippen molar-refractivity contribution in [2.45, 2.75) is 45.3 Å². The maximum absolute atomic E-state index is 13.1. The quantitative estimate of drug-likeness (QED) is 0.684. The highest BCUT2D eigenvalue weighted by atomic mass is 19.1. The standard InChI is InChI=1S/C22H24FN5O3/c1-14-3-9-18(21(30)26(14)2)20(29)24-17-8-10-19-25-28(22(31)27(19)12-11-17)13-15-4-6-16(23)7-5-15/h3-7,9,17H,8,10-13H2,1-2H3,(H,24,29). The van der Waals surface area contributed by atoms with Crippen LogP contribution in [0.15, 0.2) is 46.0 Å². The molecule has 0 saturated heterocycles. The van der Waals surface area contributed by atoms with E-state index in [1.54, 1.807) is 42.8 Å². The Balaban J connectivity index is 1.45. The molecule has 31 heavy (non-hydrogen) atoms. The fourth-order valence-corrected chi connectivity index (χ4v) is 3.80. The summed E-state index contributed by atoms with van der Waals surface area (Å²) >= 11 is 0. The number of nitrogens with one attached hydrogen (secondary N) is 1. The number of pyridine rings is 1. The minimum atomic E-state index is -0.404. The van der Waals surface area contributed by atoms with Gasteiger partial charge in [0.05, 0.1) is 6.54 Å². The maximum Gasteiger partial charge on any atom is 0.346 e. The number of fused-ring (bicyclic) bond motifs is 1. The Morgan fingerprint density at radius 1 is 1.16 bits per heavy atom. The van der Waals surface area contributed by atoms with Gasteiger partial charge in [-0.1, -0.05) is 12.1 Å². The van der Waals surface area contributed by atoms with E-state index in [0.29, 0.717) is 31.6 Å². The van der Waals surface area contributed by atoms with Gasteiger partial charge < -0.3 is 9.88 Å². The molecule has 162 valence electrons. The number of aromatic nitrogens is 4. The number of benzene rings is 1. The average molecular weight is 425 g/mol. The third-order valence-corrected chi connectivity index (χ3v) is 5.80. The van der Waals surface area contributed by atoms with Crippen molar-refractivity contribution in [1.29, 1.82) is 0 Å². The summed E-state index contributed by atoms with van der Waals surface area (Å²) in [5, 5.41) is 7.37. The molecular formula is C22H24FN5O3. The lowest BCUT2D eigenvalue weighted by Crippen LogP contribution is -2.39. The van der Waals surface area contributed by atoms with Gasteiger partial charge >= 0.3 is 5.69 Å². The Bertz CT molecular complexity index is 1240. The summed E-state index contributed by atoms with van der Waals surface area (Å²) < 4.78 is 17.6. The molecule has 4 rings (SSSR count). The van der Waals surface area contributed by atoms with Crippen molar-refractivity contribution in [3.63, 3.8) is 0 Å². The number of aryl methyl sites for hydroxylation is 2. The van der Waals surface area contributed by atoms with Gasteiger partial charge in [0.15, 0.2) is 0 Å². The second kappa shape index (κ2) is 8.33. The number of carbonyl (C=O) groups excluding carboxylic acids is 1. The van der Waals surface area contributed by atoms with E-state index in [0.717, 1.165) is 11.3 Å². The molecule has 8 nitrogen and oxygen atoms in total. The first-order chi connectivity index (χ1) is 14.8. The summed E-state index contributed by atoms with van der Waals surface area (Å²) in [6.45, 7) is 2.50. The normalized spacial score (nSPS) is 15.9. The van der Waals surface area contributed by atoms with Gasteiger partial charge in [0, 0.05) is 31.7 Å². The van der Waals surface area contributed by atoms with Crippen LogP contribution in [-0.4, -0.2) is 30.9 Å². The lowest BCUT2D eigenvalue weighted by atomic mass is 10.1. The van der Waals surface area contributed by atoms with E-state index >= 15 is 0 Å². The molecule has 1 aromatic carbocycles. The molecule has 0 bridgehead atoms. The number of rotatable bonds is 4. The van der Waals surface area contributed by atoms with Crippen LogP contribution < -0.4 is 16.6 Å². The van der Waals surface area contributed by atoms with Gasteiger partial charge in [0.2, 0.25) is 0 Å². The summed E-state index contributed by atoms with van der Waals surface area (Å²) in [5.41, 5.74) is 1.12. The molecule has 0 radical (unpaired) electrons. The average Bonchev–Trinajstić information content (AvgIpc) is 2.90. The van der Waals surface area contributed by atoms with Crippen molar-refractivity contribution in [2.24, 2.45) is 7.05 Å². The Labute approximate surface area is 177 Å². The molecule has 3 aromatic rings. The smallest absolute Gasteiger partial charge is 0.346 e. The molecule has 0 aliphatic carbocycles. The van der Waals surface area contributed by atoms with Crippen LogP contribution in [0.3, 0.4) is 0 Å². The van der Waals surface area contributed by atoms with Crippen molar-refractivity contribution in [1.82, 2.24) is 24.2 Å². The topological polar surface area (TPSA) is 90.9 Å². The molecular weight excluding hydrogens is 401 g/mol. The zero-order chi connectivity index (χ0) is 22.1. The van der Waals surface area contributed by atoms with Crippen molar-refractivity contribution in [2.75, 3.05) is 0 Å².